The van der Waals surface area contributed by atoms with Crippen molar-refractivity contribution in [2.45, 2.75) is 19.8 Å². The summed E-state index contributed by atoms with van der Waals surface area (Å²) in [5, 5.41) is 4.14. The van der Waals surface area contributed by atoms with E-state index in [9.17, 15) is 0 Å². The molecule has 0 atom stereocenters. The van der Waals surface area contributed by atoms with Crippen LogP contribution in [-0.4, -0.2) is 9.97 Å². The molecule has 3 N–H and O–H groups in total. The lowest BCUT2D eigenvalue weighted by Gasteiger charge is -2.11. The number of aryl methyl sites for hydroxylation is 1. The fourth-order valence-corrected chi connectivity index (χ4v) is 2.15. The summed E-state index contributed by atoms with van der Waals surface area (Å²) in [5.41, 5.74) is 6.38. The molecule has 2 aromatic rings. The van der Waals surface area contributed by atoms with Crippen LogP contribution in [-0.2, 0) is 6.42 Å². The number of hydrogen-bond acceptors (Lipinski definition) is 4. The van der Waals surface area contributed by atoms with Crippen molar-refractivity contribution in [1.29, 1.82) is 0 Å². The zero-order valence-corrected chi connectivity index (χ0v) is 12.0. The molecule has 1 aromatic carbocycles. The van der Waals surface area contributed by atoms with Crippen LogP contribution in [0, 0.1) is 0 Å². The Kier molecular flexibility index (Phi) is 4.45. The van der Waals surface area contributed by atoms with Gasteiger partial charge in [-0.15, -0.1) is 0 Å². The highest BCUT2D eigenvalue weighted by molar-refractivity contribution is 6.39. The molecular weight excluding hydrogens is 283 g/mol. The second-order valence-corrected chi connectivity index (χ2v) is 4.88. The number of hydrogen-bond donors (Lipinski definition) is 2. The van der Waals surface area contributed by atoms with Crippen molar-refractivity contribution in [2.75, 3.05) is 11.1 Å². The fourth-order valence-electron chi connectivity index (χ4n) is 1.66. The van der Waals surface area contributed by atoms with Crippen LogP contribution in [0.1, 0.15) is 19.2 Å². The predicted octanol–water partition coefficient (Wildman–Crippen LogP) is 4.06. The SMILES string of the molecule is CCCc1nc(N)cc(Nc2c(Cl)cccc2Cl)n1. The minimum absolute atomic E-state index is 0.420. The number of rotatable bonds is 4. The first kappa shape index (κ1) is 13.9. The van der Waals surface area contributed by atoms with Crippen LogP contribution >= 0.6 is 23.2 Å². The summed E-state index contributed by atoms with van der Waals surface area (Å²) < 4.78 is 0. The second-order valence-electron chi connectivity index (χ2n) is 4.07. The van der Waals surface area contributed by atoms with E-state index in [4.69, 9.17) is 28.9 Å². The topological polar surface area (TPSA) is 63.8 Å². The van der Waals surface area contributed by atoms with E-state index in [2.05, 4.69) is 22.2 Å². The predicted molar refractivity (Wildman–Crippen MR) is 80.2 cm³/mol. The van der Waals surface area contributed by atoms with Crippen LogP contribution < -0.4 is 11.1 Å². The van der Waals surface area contributed by atoms with Crippen LogP contribution in [0.4, 0.5) is 17.3 Å². The smallest absolute Gasteiger partial charge is 0.136 e. The standard InChI is InChI=1S/C13H14Cl2N4/c1-2-4-11-17-10(16)7-12(18-11)19-13-8(14)5-3-6-9(13)15/h3,5-7H,2,4H2,1H3,(H3,16,17,18,19). The molecule has 0 bridgehead atoms. The Morgan fingerprint density at radius 2 is 1.89 bits per heavy atom. The molecule has 1 aromatic heterocycles. The molecule has 0 saturated carbocycles. The lowest BCUT2D eigenvalue weighted by molar-refractivity contribution is 0.839. The Morgan fingerprint density at radius 1 is 1.21 bits per heavy atom. The number of benzene rings is 1. The summed E-state index contributed by atoms with van der Waals surface area (Å²) in [6.45, 7) is 2.06. The van der Waals surface area contributed by atoms with E-state index < -0.39 is 0 Å². The van der Waals surface area contributed by atoms with Crippen LogP contribution in [0.15, 0.2) is 24.3 Å². The Bertz CT molecular complexity index is 567. The van der Waals surface area contributed by atoms with E-state index in [1.807, 2.05) is 0 Å². The minimum Gasteiger partial charge on any atom is -0.384 e. The van der Waals surface area contributed by atoms with Crippen molar-refractivity contribution in [3.8, 4) is 0 Å². The molecule has 0 amide bonds. The number of nitrogens with zero attached hydrogens (tertiary/aromatic N) is 2. The van der Waals surface area contributed by atoms with Crippen LogP contribution in [0.3, 0.4) is 0 Å². The molecule has 0 saturated heterocycles. The molecule has 1 heterocycles. The summed E-state index contributed by atoms with van der Waals surface area (Å²) in [5.74, 6) is 1.71. The van der Waals surface area contributed by atoms with Gasteiger partial charge in [-0.05, 0) is 18.6 Å². The van der Waals surface area contributed by atoms with Gasteiger partial charge in [-0.3, -0.25) is 0 Å². The monoisotopic (exact) mass is 296 g/mol. The fraction of sp³-hybridized carbons (Fsp3) is 0.231. The normalized spacial score (nSPS) is 10.5. The quantitative estimate of drug-likeness (QED) is 0.893. The van der Waals surface area contributed by atoms with Gasteiger partial charge in [-0.1, -0.05) is 36.2 Å². The van der Waals surface area contributed by atoms with E-state index in [1.54, 1.807) is 24.3 Å². The van der Waals surface area contributed by atoms with Crippen molar-refractivity contribution in [1.82, 2.24) is 9.97 Å². The Morgan fingerprint density at radius 3 is 2.53 bits per heavy atom. The van der Waals surface area contributed by atoms with Gasteiger partial charge in [-0.25, -0.2) is 9.97 Å². The second kappa shape index (κ2) is 6.08. The average molecular weight is 297 g/mol. The summed E-state index contributed by atoms with van der Waals surface area (Å²) >= 11 is 12.2. The molecule has 2 rings (SSSR count). The maximum Gasteiger partial charge on any atom is 0.136 e. The Labute approximate surface area is 122 Å². The first-order chi connectivity index (χ1) is 9.10. The van der Waals surface area contributed by atoms with Gasteiger partial charge < -0.3 is 11.1 Å². The maximum atomic E-state index is 6.10. The largest absolute Gasteiger partial charge is 0.384 e. The number of para-hydroxylation sites is 1. The highest BCUT2D eigenvalue weighted by atomic mass is 35.5. The van der Waals surface area contributed by atoms with E-state index in [0.717, 1.165) is 12.8 Å². The van der Waals surface area contributed by atoms with Gasteiger partial charge in [0.05, 0.1) is 15.7 Å². The summed E-state index contributed by atoms with van der Waals surface area (Å²) in [4.78, 5) is 8.55. The highest BCUT2D eigenvalue weighted by Gasteiger charge is 2.08. The van der Waals surface area contributed by atoms with Gasteiger partial charge in [0, 0.05) is 12.5 Å². The van der Waals surface area contributed by atoms with Crippen LogP contribution in [0.2, 0.25) is 10.0 Å². The summed E-state index contributed by atoms with van der Waals surface area (Å²) in [6.07, 6.45) is 1.73. The zero-order valence-electron chi connectivity index (χ0n) is 10.5. The average Bonchev–Trinajstić information content (AvgIpc) is 2.34. The molecule has 0 radical (unpaired) electrons. The molecule has 100 valence electrons. The summed E-state index contributed by atoms with van der Waals surface area (Å²) in [7, 11) is 0. The third kappa shape index (κ3) is 3.49. The molecule has 0 aliphatic rings. The number of aromatic nitrogens is 2. The van der Waals surface area contributed by atoms with Crippen molar-refractivity contribution in [2.24, 2.45) is 0 Å². The molecule has 0 unspecified atom stereocenters. The molecule has 6 heteroatoms. The van der Waals surface area contributed by atoms with Gasteiger partial charge in [-0.2, -0.15) is 0 Å². The van der Waals surface area contributed by atoms with Crippen molar-refractivity contribution in [3.05, 3.63) is 40.1 Å². The first-order valence-corrected chi connectivity index (χ1v) is 6.70. The van der Waals surface area contributed by atoms with Crippen molar-refractivity contribution < 1.29 is 0 Å². The number of anilines is 3. The number of nitrogens with one attached hydrogen (secondary N) is 1. The maximum absolute atomic E-state index is 6.10. The minimum atomic E-state index is 0.420. The number of nitrogens with two attached hydrogens (primary N) is 1. The van der Waals surface area contributed by atoms with Crippen molar-refractivity contribution >= 4 is 40.5 Å². The molecule has 19 heavy (non-hydrogen) atoms. The van der Waals surface area contributed by atoms with E-state index in [-0.39, 0.29) is 0 Å². The third-order valence-corrected chi connectivity index (χ3v) is 3.11. The van der Waals surface area contributed by atoms with Gasteiger partial charge >= 0.3 is 0 Å². The Balaban J connectivity index is 2.33. The molecular formula is C13H14Cl2N4. The third-order valence-electron chi connectivity index (χ3n) is 2.48. The molecule has 0 fully saturated rings. The molecule has 4 nitrogen and oxygen atoms in total. The van der Waals surface area contributed by atoms with Gasteiger partial charge in [0.1, 0.15) is 17.5 Å². The van der Waals surface area contributed by atoms with Gasteiger partial charge in [0.2, 0.25) is 0 Å². The van der Waals surface area contributed by atoms with Crippen molar-refractivity contribution in [3.63, 3.8) is 0 Å². The summed E-state index contributed by atoms with van der Waals surface area (Å²) in [6, 6.07) is 6.95. The van der Waals surface area contributed by atoms with E-state index in [0.29, 0.717) is 33.2 Å². The lowest BCUT2D eigenvalue weighted by Crippen LogP contribution is -2.04. The first-order valence-electron chi connectivity index (χ1n) is 5.94. The van der Waals surface area contributed by atoms with Gasteiger partial charge in [0.25, 0.3) is 0 Å². The lowest BCUT2D eigenvalue weighted by atomic mass is 10.3. The van der Waals surface area contributed by atoms with E-state index >= 15 is 0 Å². The Hall–Kier alpha value is -1.52. The number of halogens is 2. The molecule has 0 aliphatic carbocycles. The zero-order chi connectivity index (χ0) is 13.8. The van der Waals surface area contributed by atoms with E-state index in [1.165, 1.54) is 0 Å². The molecule has 0 spiro atoms. The van der Waals surface area contributed by atoms with Crippen LogP contribution in [0.5, 0.6) is 0 Å². The highest BCUT2D eigenvalue weighted by Crippen LogP contribution is 2.32. The van der Waals surface area contributed by atoms with Gasteiger partial charge in [0.15, 0.2) is 0 Å². The van der Waals surface area contributed by atoms with Crippen LogP contribution in [0.25, 0.3) is 0 Å². The molecule has 0 aliphatic heterocycles. The number of nitrogen functional groups attached to an aromatic ring is 1.